The average Bonchev–Trinajstić information content (AvgIpc) is 2.93. The summed E-state index contributed by atoms with van der Waals surface area (Å²) in [7, 11) is 1.40. The molecule has 3 aromatic rings. The van der Waals surface area contributed by atoms with Gasteiger partial charge >= 0.3 is 6.18 Å². The minimum atomic E-state index is -4.69. The smallest absolute Gasteiger partial charge is 0.368 e. The SMILES string of the molecule is COOSc1ccc(-c2ccc([C@H](N[C@@H](CC(C)C)C(=O)N[C@@H](Cc3ccccc3)C(N)=O)C(F)(F)F)cc2)cc1. The zero-order valence-electron chi connectivity index (χ0n) is 23.0. The van der Waals surface area contributed by atoms with Crippen LogP contribution >= 0.6 is 12.0 Å². The van der Waals surface area contributed by atoms with Gasteiger partial charge in [-0.05, 0) is 46.7 Å². The van der Waals surface area contributed by atoms with E-state index in [1.165, 1.54) is 19.2 Å². The second-order valence-corrected chi connectivity index (χ2v) is 10.7. The summed E-state index contributed by atoms with van der Waals surface area (Å²) in [5.41, 5.74) is 7.77. The maximum atomic E-state index is 14.3. The number of rotatable bonds is 14. The lowest BCUT2D eigenvalue weighted by Crippen LogP contribution is -2.54. The summed E-state index contributed by atoms with van der Waals surface area (Å²) in [6.45, 7) is 3.61. The molecule has 0 aliphatic rings. The number of carbonyl (C=O) groups is 2. The fraction of sp³-hybridized carbons (Fsp3) is 0.333. The number of benzene rings is 3. The summed E-state index contributed by atoms with van der Waals surface area (Å²) in [6.07, 6.45) is -4.45. The molecular weight excluding hydrogens is 555 g/mol. The van der Waals surface area contributed by atoms with Gasteiger partial charge in [0.2, 0.25) is 11.8 Å². The minimum Gasteiger partial charge on any atom is -0.368 e. The molecule has 0 bridgehead atoms. The third-order valence-corrected chi connectivity index (χ3v) is 6.96. The van der Waals surface area contributed by atoms with E-state index in [1.54, 1.807) is 62.4 Å². The van der Waals surface area contributed by atoms with Crippen LogP contribution in [0.25, 0.3) is 11.1 Å². The van der Waals surface area contributed by atoms with E-state index in [0.717, 1.165) is 33.6 Å². The van der Waals surface area contributed by atoms with E-state index in [2.05, 4.69) is 15.5 Å². The lowest BCUT2D eigenvalue weighted by Gasteiger charge is -2.29. The zero-order chi connectivity index (χ0) is 30.0. The molecule has 3 atom stereocenters. The van der Waals surface area contributed by atoms with Gasteiger partial charge in [-0.15, -0.1) is 0 Å². The molecule has 41 heavy (non-hydrogen) atoms. The van der Waals surface area contributed by atoms with Crippen molar-refractivity contribution in [2.75, 3.05) is 7.11 Å². The monoisotopic (exact) mass is 589 g/mol. The Morgan fingerprint density at radius 2 is 1.49 bits per heavy atom. The number of alkyl halides is 3. The zero-order valence-corrected chi connectivity index (χ0v) is 23.8. The third-order valence-electron chi connectivity index (χ3n) is 6.29. The molecule has 0 spiro atoms. The largest absolute Gasteiger partial charge is 0.407 e. The highest BCUT2D eigenvalue weighted by atomic mass is 32.2. The van der Waals surface area contributed by atoms with E-state index in [0.29, 0.717) is 0 Å². The molecule has 0 unspecified atom stereocenters. The third kappa shape index (κ3) is 9.89. The Hall–Kier alpha value is -3.38. The number of nitrogens with two attached hydrogens (primary N) is 1. The molecule has 220 valence electrons. The van der Waals surface area contributed by atoms with Crippen molar-refractivity contribution in [2.45, 2.75) is 55.9 Å². The van der Waals surface area contributed by atoms with Crippen LogP contribution in [-0.2, 0) is 25.2 Å². The predicted molar refractivity (Wildman–Crippen MR) is 152 cm³/mol. The van der Waals surface area contributed by atoms with E-state index in [9.17, 15) is 22.8 Å². The molecular formula is C30H34F3N3O4S. The van der Waals surface area contributed by atoms with E-state index in [1.807, 2.05) is 18.2 Å². The number of halogens is 3. The van der Waals surface area contributed by atoms with Crippen molar-refractivity contribution in [3.05, 3.63) is 90.0 Å². The number of amides is 2. The Morgan fingerprint density at radius 1 is 0.902 bits per heavy atom. The van der Waals surface area contributed by atoms with Crippen molar-refractivity contribution < 1.29 is 32.0 Å². The summed E-state index contributed by atoms with van der Waals surface area (Å²) >= 11 is 1.04. The summed E-state index contributed by atoms with van der Waals surface area (Å²) in [5, 5.41) is 5.08. The van der Waals surface area contributed by atoms with Gasteiger partial charge in [0, 0.05) is 11.3 Å². The highest BCUT2D eigenvalue weighted by molar-refractivity contribution is 7.94. The van der Waals surface area contributed by atoms with E-state index < -0.39 is 36.1 Å². The van der Waals surface area contributed by atoms with Crippen molar-refractivity contribution in [3.63, 3.8) is 0 Å². The molecule has 7 nitrogen and oxygen atoms in total. The molecule has 3 aromatic carbocycles. The first kappa shape index (κ1) is 32.1. The topological polar surface area (TPSA) is 103 Å². The molecule has 0 aliphatic heterocycles. The molecule has 0 aliphatic carbocycles. The van der Waals surface area contributed by atoms with Crippen molar-refractivity contribution in [1.29, 1.82) is 0 Å². The molecule has 0 fully saturated rings. The van der Waals surface area contributed by atoms with Crippen LogP contribution < -0.4 is 16.4 Å². The maximum Gasteiger partial charge on any atom is 0.407 e. The van der Waals surface area contributed by atoms with Gasteiger partial charge in [0.15, 0.2) is 0 Å². The van der Waals surface area contributed by atoms with E-state index >= 15 is 0 Å². The van der Waals surface area contributed by atoms with Crippen LogP contribution in [0.2, 0.25) is 0 Å². The Morgan fingerprint density at radius 3 is 2.00 bits per heavy atom. The molecule has 2 amide bonds. The summed E-state index contributed by atoms with van der Waals surface area (Å²) < 4.78 is 47.8. The first-order valence-electron chi connectivity index (χ1n) is 13.0. The van der Waals surface area contributed by atoms with Crippen molar-refractivity contribution >= 4 is 23.9 Å². The van der Waals surface area contributed by atoms with Crippen LogP contribution in [-0.4, -0.2) is 37.2 Å². The van der Waals surface area contributed by atoms with Gasteiger partial charge in [-0.3, -0.25) is 14.9 Å². The predicted octanol–water partition coefficient (Wildman–Crippen LogP) is 5.76. The highest BCUT2D eigenvalue weighted by Crippen LogP contribution is 2.35. The fourth-order valence-corrected chi connectivity index (χ4v) is 4.69. The lowest BCUT2D eigenvalue weighted by molar-refractivity contribution is -0.161. The van der Waals surface area contributed by atoms with E-state index in [-0.39, 0.29) is 24.3 Å². The average molecular weight is 590 g/mol. The van der Waals surface area contributed by atoms with Crippen LogP contribution in [0.3, 0.4) is 0 Å². The molecule has 11 heteroatoms. The number of hydrogen-bond acceptors (Lipinski definition) is 6. The highest BCUT2D eigenvalue weighted by Gasteiger charge is 2.43. The Labute approximate surface area is 242 Å². The van der Waals surface area contributed by atoms with Gasteiger partial charge in [0.25, 0.3) is 0 Å². The molecule has 0 heterocycles. The first-order chi connectivity index (χ1) is 19.5. The van der Waals surface area contributed by atoms with Gasteiger partial charge in [-0.1, -0.05) is 80.6 Å². The van der Waals surface area contributed by atoms with Gasteiger partial charge in [-0.25, -0.2) is 4.89 Å². The van der Waals surface area contributed by atoms with Crippen molar-refractivity contribution in [3.8, 4) is 11.1 Å². The van der Waals surface area contributed by atoms with Crippen molar-refractivity contribution in [2.24, 2.45) is 11.7 Å². The number of hydrogen-bond donors (Lipinski definition) is 3. The van der Waals surface area contributed by atoms with Crippen LogP contribution in [0, 0.1) is 5.92 Å². The quantitative estimate of drug-likeness (QED) is 0.126. The lowest BCUT2D eigenvalue weighted by atomic mass is 9.97. The van der Waals surface area contributed by atoms with Crippen LogP contribution in [0.1, 0.15) is 37.4 Å². The second-order valence-electron chi connectivity index (χ2n) is 9.94. The van der Waals surface area contributed by atoms with Gasteiger partial charge < -0.3 is 11.1 Å². The second kappa shape index (κ2) is 15.0. The minimum absolute atomic E-state index is 0.0424. The van der Waals surface area contributed by atoms with Crippen LogP contribution in [0.4, 0.5) is 13.2 Å². The molecule has 0 radical (unpaired) electrons. The molecule has 0 aromatic heterocycles. The Balaban J connectivity index is 1.80. The normalized spacial score (nSPS) is 13.9. The van der Waals surface area contributed by atoms with Gasteiger partial charge in [-0.2, -0.15) is 17.5 Å². The standard InChI is InChI=1S/C30H34F3N3O4S/c1-19(2)17-26(29(38)36-25(28(34)37)18-20-7-5-4-6-8-20)35-27(30(31,32)33)23-11-9-21(10-12-23)22-13-15-24(16-14-22)41-40-39-3/h4-16,19,25-27,35H,17-18H2,1-3H3,(H2,34,37)(H,36,38)/t25-,26-,27-/m0/s1. The Kier molecular flexibility index (Phi) is 11.8. The molecule has 4 N–H and O–H groups in total. The molecule has 3 rings (SSSR count). The summed E-state index contributed by atoms with van der Waals surface area (Å²) in [4.78, 5) is 30.7. The van der Waals surface area contributed by atoms with Gasteiger partial charge in [0.1, 0.15) is 12.1 Å². The van der Waals surface area contributed by atoms with Crippen LogP contribution in [0.15, 0.2) is 83.8 Å². The van der Waals surface area contributed by atoms with Crippen LogP contribution in [0.5, 0.6) is 0 Å². The number of primary amides is 1. The molecule has 0 saturated carbocycles. The van der Waals surface area contributed by atoms with Crippen molar-refractivity contribution in [1.82, 2.24) is 10.6 Å². The maximum absolute atomic E-state index is 14.3. The van der Waals surface area contributed by atoms with Gasteiger partial charge in [0.05, 0.1) is 25.2 Å². The number of carbonyl (C=O) groups excluding carboxylic acids is 2. The summed E-state index contributed by atoms with van der Waals surface area (Å²) in [6, 6.07) is 17.8. The molecule has 0 saturated heterocycles. The number of nitrogens with one attached hydrogen (secondary N) is 2. The summed E-state index contributed by atoms with van der Waals surface area (Å²) in [5.74, 6) is -1.60. The fourth-order valence-electron chi connectivity index (χ4n) is 4.29. The van der Waals surface area contributed by atoms with E-state index in [4.69, 9.17) is 10.1 Å². The Bertz CT molecular complexity index is 1260. The first-order valence-corrected chi connectivity index (χ1v) is 13.8.